The Hall–Kier alpha value is -2.01. The summed E-state index contributed by atoms with van der Waals surface area (Å²) in [6.07, 6.45) is 17.2. The summed E-state index contributed by atoms with van der Waals surface area (Å²) in [6, 6.07) is 10.5. The molecule has 0 bridgehead atoms. The van der Waals surface area contributed by atoms with Crippen LogP contribution in [0.5, 0.6) is 11.5 Å². The highest BCUT2D eigenvalue weighted by Crippen LogP contribution is 2.34. The molecule has 0 heterocycles. The minimum atomic E-state index is -3.87. The molecular weight excluding hydrogens is 420 g/mol. The second-order valence-electron chi connectivity index (χ2n) is 8.76. The van der Waals surface area contributed by atoms with Crippen molar-refractivity contribution in [2.24, 2.45) is 0 Å². The summed E-state index contributed by atoms with van der Waals surface area (Å²) in [7, 11) is -3.87. The van der Waals surface area contributed by atoms with Gasteiger partial charge in [-0.2, -0.15) is 0 Å². The van der Waals surface area contributed by atoms with Crippen molar-refractivity contribution >= 4 is 9.84 Å². The van der Waals surface area contributed by atoms with Crippen molar-refractivity contribution in [3.8, 4) is 11.5 Å². The van der Waals surface area contributed by atoms with Gasteiger partial charge < -0.3 is 10.2 Å². The molecule has 0 atom stereocenters. The van der Waals surface area contributed by atoms with Crippen LogP contribution in [0.3, 0.4) is 0 Å². The van der Waals surface area contributed by atoms with Crippen molar-refractivity contribution in [2.45, 2.75) is 107 Å². The largest absolute Gasteiger partial charge is 0.508 e. The monoisotopic (exact) mass is 460 g/mol. The predicted molar refractivity (Wildman–Crippen MR) is 131 cm³/mol. The molecule has 2 N–H and O–H groups in total. The lowest BCUT2D eigenvalue weighted by atomic mass is 10.0. The molecule has 178 valence electrons. The van der Waals surface area contributed by atoms with E-state index >= 15 is 0 Å². The van der Waals surface area contributed by atoms with Crippen LogP contribution in [0.2, 0.25) is 0 Å². The van der Waals surface area contributed by atoms with Crippen LogP contribution in [0.4, 0.5) is 0 Å². The third kappa shape index (κ3) is 8.50. The van der Waals surface area contributed by atoms with Gasteiger partial charge in [-0.25, -0.2) is 8.42 Å². The Kier molecular flexibility index (Phi) is 11.6. The molecule has 4 nitrogen and oxygen atoms in total. The van der Waals surface area contributed by atoms with Crippen LogP contribution in [0.15, 0.2) is 52.3 Å². The standard InChI is InChI=1S/C27H40O4S/c1-2-3-4-5-6-7-8-9-10-11-12-13-15-18-23-21-26(29)27(22-25(23)28)32(30,31)24-19-16-14-17-20-24/h14,16-17,19-22,28-29H,2-13,15,18H2,1H3. The molecule has 0 fully saturated rings. The SMILES string of the molecule is CCCCCCCCCCCCCCCc1cc(O)c(S(=O)(=O)c2ccccc2)cc1O. The van der Waals surface area contributed by atoms with E-state index in [0.29, 0.717) is 12.0 Å². The van der Waals surface area contributed by atoms with Gasteiger partial charge in [0.1, 0.15) is 16.4 Å². The average Bonchev–Trinajstić information content (AvgIpc) is 2.79. The fourth-order valence-corrected chi connectivity index (χ4v) is 5.45. The fraction of sp³-hybridized carbons (Fsp3) is 0.556. The van der Waals surface area contributed by atoms with Crippen molar-refractivity contribution in [3.63, 3.8) is 0 Å². The Morgan fingerprint density at radius 2 is 1.16 bits per heavy atom. The number of benzene rings is 2. The maximum absolute atomic E-state index is 12.7. The summed E-state index contributed by atoms with van der Waals surface area (Å²) in [4.78, 5) is -0.158. The smallest absolute Gasteiger partial charge is 0.210 e. The number of sulfone groups is 1. The Morgan fingerprint density at radius 3 is 1.69 bits per heavy atom. The number of hydrogen-bond acceptors (Lipinski definition) is 4. The lowest BCUT2D eigenvalue weighted by Crippen LogP contribution is -2.03. The molecule has 2 aromatic rings. The van der Waals surface area contributed by atoms with Crippen LogP contribution >= 0.6 is 0 Å². The number of phenols is 2. The Labute approximate surface area is 194 Å². The van der Waals surface area contributed by atoms with Gasteiger partial charge in [0.05, 0.1) is 4.90 Å². The molecule has 32 heavy (non-hydrogen) atoms. The van der Waals surface area contributed by atoms with Gasteiger partial charge in [-0.3, -0.25) is 0 Å². The van der Waals surface area contributed by atoms with Gasteiger partial charge in [-0.15, -0.1) is 0 Å². The molecule has 0 amide bonds. The van der Waals surface area contributed by atoms with Gasteiger partial charge in [-0.05, 0) is 36.6 Å². The Bertz CT molecular complexity index is 891. The van der Waals surface area contributed by atoms with Gasteiger partial charge in [-0.1, -0.05) is 102 Å². The molecule has 2 rings (SSSR count). The highest BCUT2D eigenvalue weighted by molar-refractivity contribution is 7.91. The van der Waals surface area contributed by atoms with Crippen molar-refractivity contribution < 1.29 is 18.6 Å². The molecule has 0 radical (unpaired) electrons. The summed E-state index contributed by atoms with van der Waals surface area (Å²) < 4.78 is 25.5. The molecule has 0 saturated carbocycles. The van der Waals surface area contributed by atoms with E-state index in [2.05, 4.69) is 6.92 Å². The summed E-state index contributed by atoms with van der Waals surface area (Å²) in [5, 5.41) is 20.7. The summed E-state index contributed by atoms with van der Waals surface area (Å²) >= 11 is 0. The van der Waals surface area contributed by atoms with E-state index in [1.807, 2.05) is 0 Å². The maximum atomic E-state index is 12.7. The van der Waals surface area contributed by atoms with Crippen LogP contribution in [0.1, 0.15) is 96.0 Å². The second-order valence-corrected chi connectivity index (χ2v) is 10.7. The lowest BCUT2D eigenvalue weighted by molar-refractivity contribution is 0.439. The maximum Gasteiger partial charge on any atom is 0.210 e. The fourth-order valence-electron chi connectivity index (χ4n) is 4.08. The Balaban J connectivity index is 1.69. The van der Waals surface area contributed by atoms with E-state index in [9.17, 15) is 18.6 Å². The number of aryl methyl sites for hydroxylation is 1. The number of unbranched alkanes of at least 4 members (excludes halogenated alkanes) is 12. The highest BCUT2D eigenvalue weighted by Gasteiger charge is 2.23. The number of aromatic hydroxyl groups is 2. The summed E-state index contributed by atoms with van der Waals surface area (Å²) in [5.41, 5.74) is 0.595. The zero-order chi connectivity index (χ0) is 23.2. The first kappa shape index (κ1) is 26.2. The first-order valence-corrected chi connectivity index (χ1v) is 13.8. The zero-order valence-corrected chi connectivity index (χ0v) is 20.4. The van der Waals surface area contributed by atoms with E-state index in [1.54, 1.807) is 18.2 Å². The van der Waals surface area contributed by atoms with Crippen LogP contribution in [-0.4, -0.2) is 18.6 Å². The number of phenolic OH excluding ortho intramolecular Hbond substituents is 2. The molecule has 0 aliphatic heterocycles. The normalized spacial score (nSPS) is 11.7. The average molecular weight is 461 g/mol. The lowest BCUT2D eigenvalue weighted by Gasteiger charge is -2.11. The van der Waals surface area contributed by atoms with Gasteiger partial charge in [0.25, 0.3) is 0 Å². The predicted octanol–water partition coefficient (Wildman–Crippen LogP) is 7.56. The topological polar surface area (TPSA) is 74.6 Å². The minimum absolute atomic E-state index is 0.0729. The number of rotatable bonds is 16. The Morgan fingerprint density at radius 1 is 0.656 bits per heavy atom. The van der Waals surface area contributed by atoms with Gasteiger partial charge in [0.15, 0.2) is 0 Å². The van der Waals surface area contributed by atoms with Gasteiger partial charge >= 0.3 is 0 Å². The summed E-state index contributed by atoms with van der Waals surface area (Å²) in [6.45, 7) is 2.25. The van der Waals surface area contributed by atoms with Crippen molar-refractivity contribution in [1.29, 1.82) is 0 Å². The third-order valence-electron chi connectivity index (χ3n) is 6.05. The molecule has 0 aliphatic rings. The van der Waals surface area contributed by atoms with Crippen molar-refractivity contribution in [1.82, 2.24) is 0 Å². The van der Waals surface area contributed by atoms with Crippen molar-refractivity contribution in [2.75, 3.05) is 0 Å². The van der Waals surface area contributed by atoms with E-state index in [-0.39, 0.29) is 21.3 Å². The van der Waals surface area contributed by atoms with E-state index in [0.717, 1.165) is 12.8 Å². The first-order chi connectivity index (χ1) is 15.5. The molecule has 0 unspecified atom stereocenters. The molecule has 5 heteroatoms. The van der Waals surface area contributed by atoms with E-state index in [1.165, 1.54) is 94.9 Å². The minimum Gasteiger partial charge on any atom is -0.508 e. The van der Waals surface area contributed by atoms with Crippen LogP contribution < -0.4 is 0 Å². The molecule has 0 aliphatic carbocycles. The van der Waals surface area contributed by atoms with Crippen LogP contribution in [0, 0.1) is 0 Å². The van der Waals surface area contributed by atoms with Crippen LogP contribution in [-0.2, 0) is 16.3 Å². The van der Waals surface area contributed by atoms with Crippen LogP contribution in [0.25, 0.3) is 0 Å². The summed E-state index contributed by atoms with van der Waals surface area (Å²) in [5.74, 6) is -0.382. The van der Waals surface area contributed by atoms with Gasteiger partial charge in [0, 0.05) is 6.07 Å². The molecule has 2 aromatic carbocycles. The number of hydrogen-bond donors (Lipinski definition) is 2. The van der Waals surface area contributed by atoms with E-state index < -0.39 is 9.84 Å². The van der Waals surface area contributed by atoms with Crippen molar-refractivity contribution in [3.05, 3.63) is 48.0 Å². The molecule has 0 spiro atoms. The first-order valence-electron chi connectivity index (χ1n) is 12.3. The van der Waals surface area contributed by atoms with Gasteiger partial charge in [0.2, 0.25) is 9.84 Å². The molecular formula is C27H40O4S. The molecule has 0 saturated heterocycles. The second kappa shape index (κ2) is 14.2. The zero-order valence-electron chi connectivity index (χ0n) is 19.6. The quantitative estimate of drug-likeness (QED) is 0.200. The molecule has 0 aromatic heterocycles. The highest BCUT2D eigenvalue weighted by atomic mass is 32.2. The van der Waals surface area contributed by atoms with E-state index in [4.69, 9.17) is 0 Å². The third-order valence-corrected chi connectivity index (χ3v) is 7.85.